The van der Waals surface area contributed by atoms with E-state index in [2.05, 4.69) is 0 Å². The number of hydrogen-bond acceptors (Lipinski definition) is 8. The summed E-state index contributed by atoms with van der Waals surface area (Å²) in [6, 6.07) is 6.23. The predicted octanol–water partition coefficient (Wildman–Crippen LogP) is 2.44. The maximum Gasteiger partial charge on any atom is 0.513 e. The molecule has 2 N–H and O–H groups in total. The van der Waals surface area contributed by atoms with Gasteiger partial charge in [0, 0.05) is 19.1 Å². The molecule has 9 heteroatoms. The summed E-state index contributed by atoms with van der Waals surface area (Å²) in [5.74, 6) is -0.874. The van der Waals surface area contributed by atoms with Crippen LogP contribution in [0.5, 0.6) is 5.75 Å². The van der Waals surface area contributed by atoms with Gasteiger partial charge in [0.2, 0.25) is 0 Å². The number of carbonyl (C=O) groups is 2. The lowest BCUT2D eigenvalue weighted by Gasteiger charge is -2.18. The summed E-state index contributed by atoms with van der Waals surface area (Å²) < 4.78 is 14.7. The van der Waals surface area contributed by atoms with E-state index < -0.39 is 17.0 Å². The zero-order valence-corrected chi connectivity index (χ0v) is 15.3. The summed E-state index contributed by atoms with van der Waals surface area (Å²) in [5, 5.41) is 11.7. The minimum absolute atomic E-state index is 0.0349. The Bertz CT molecular complexity index is 888. The molecule has 0 saturated heterocycles. The van der Waals surface area contributed by atoms with E-state index in [-0.39, 0.29) is 36.1 Å². The van der Waals surface area contributed by atoms with Gasteiger partial charge in [0.1, 0.15) is 24.0 Å². The number of carbonyl (C=O) groups excluding carboxylic acids is 2. The monoisotopic (exact) mass is 388 g/mol. The zero-order valence-electron chi connectivity index (χ0n) is 15.3. The average molecular weight is 388 g/mol. The molecule has 1 aromatic rings. The van der Waals surface area contributed by atoms with Crippen LogP contribution < -0.4 is 10.5 Å². The summed E-state index contributed by atoms with van der Waals surface area (Å²) in [6.45, 7) is 0.264. The number of ether oxygens (including phenoxy) is 3. The molecule has 2 aliphatic carbocycles. The molecule has 0 aromatic heterocycles. The van der Waals surface area contributed by atoms with Crippen molar-refractivity contribution in [3.63, 3.8) is 0 Å². The molecule has 9 nitrogen and oxygen atoms in total. The smallest absolute Gasteiger partial charge is 0.432 e. The second kappa shape index (κ2) is 8.22. The quantitative estimate of drug-likeness (QED) is 0.258. The van der Waals surface area contributed by atoms with Crippen molar-refractivity contribution in [1.29, 1.82) is 0 Å². The van der Waals surface area contributed by atoms with Crippen LogP contribution in [0.25, 0.3) is 0 Å². The standard InChI is InChI=1S/C19H20N2O7/c1-26-8-9-27-19(23)28-12-5-2-4-11(10-12)15-16-13(6-3-7-14(16)22)17(20)18(15)21(24)25/h2,4-5,10,15H,3,6-9,20H2,1H3/t15-/m0/s1. The van der Waals surface area contributed by atoms with E-state index in [0.29, 0.717) is 36.0 Å². The highest BCUT2D eigenvalue weighted by molar-refractivity contribution is 6.01. The number of nitrogens with two attached hydrogens (primary N) is 1. The highest BCUT2D eigenvalue weighted by Gasteiger charge is 2.45. The van der Waals surface area contributed by atoms with Gasteiger partial charge in [-0.1, -0.05) is 12.1 Å². The predicted molar refractivity (Wildman–Crippen MR) is 97.1 cm³/mol. The van der Waals surface area contributed by atoms with Gasteiger partial charge in [-0.3, -0.25) is 14.9 Å². The minimum atomic E-state index is -0.918. The number of methoxy groups -OCH3 is 1. The largest absolute Gasteiger partial charge is 0.513 e. The van der Waals surface area contributed by atoms with Gasteiger partial charge >= 0.3 is 6.16 Å². The van der Waals surface area contributed by atoms with Crippen LogP contribution in [-0.2, 0) is 14.3 Å². The molecule has 0 saturated carbocycles. The molecule has 0 amide bonds. The van der Waals surface area contributed by atoms with Gasteiger partial charge in [-0.25, -0.2) is 4.79 Å². The summed E-state index contributed by atoms with van der Waals surface area (Å²) in [5.41, 5.74) is 7.25. The van der Waals surface area contributed by atoms with Crippen LogP contribution in [0.2, 0.25) is 0 Å². The van der Waals surface area contributed by atoms with E-state index in [0.717, 1.165) is 0 Å². The molecule has 1 atom stereocenters. The van der Waals surface area contributed by atoms with Crippen molar-refractivity contribution >= 4 is 11.9 Å². The highest BCUT2D eigenvalue weighted by Crippen LogP contribution is 2.47. The Morgan fingerprint density at radius 1 is 1.32 bits per heavy atom. The molecule has 28 heavy (non-hydrogen) atoms. The van der Waals surface area contributed by atoms with Crippen molar-refractivity contribution in [1.82, 2.24) is 0 Å². The fourth-order valence-electron chi connectivity index (χ4n) is 3.55. The van der Waals surface area contributed by atoms with Gasteiger partial charge in [0.25, 0.3) is 5.70 Å². The summed E-state index contributed by atoms with van der Waals surface area (Å²) >= 11 is 0. The molecule has 0 heterocycles. The molecule has 1 aromatic carbocycles. The number of Topliss-reactive ketones (excluding diaryl/α,β-unsaturated/α-hetero) is 1. The molecular weight excluding hydrogens is 368 g/mol. The van der Waals surface area contributed by atoms with Gasteiger partial charge in [-0.2, -0.15) is 0 Å². The Labute approximate surface area is 160 Å². The lowest BCUT2D eigenvalue weighted by molar-refractivity contribution is -0.429. The number of rotatable bonds is 6. The van der Waals surface area contributed by atoms with Crippen molar-refractivity contribution in [2.24, 2.45) is 5.73 Å². The summed E-state index contributed by atoms with van der Waals surface area (Å²) in [4.78, 5) is 35.4. The van der Waals surface area contributed by atoms with Crippen LogP contribution in [0.15, 0.2) is 46.8 Å². The highest BCUT2D eigenvalue weighted by atomic mass is 16.7. The van der Waals surface area contributed by atoms with Crippen LogP contribution in [-0.4, -0.2) is 37.2 Å². The van der Waals surface area contributed by atoms with Gasteiger partial charge in [-0.15, -0.1) is 0 Å². The third kappa shape index (κ3) is 3.74. The van der Waals surface area contributed by atoms with E-state index in [4.69, 9.17) is 19.9 Å². The normalized spacial score (nSPS) is 18.9. The van der Waals surface area contributed by atoms with Gasteiger partial charge < -0.3 is 19.9 Å². The topological polar surface area (TPSA) is 131 Å². The Morgan fingerprint density at radius 3 is 2.82 bits per heavy atom. The number of nitro groups is 1. The Kier molecular flexibility index (Phi) is 5.74. The molecule has 2 aliphatic rings. The first-order valence-corrected chi connectivity index (χ1v) is 8.78. The number of allylic oxidation sites excluding steroid dienone is 2. The van der Waals surface area contributed by atoms with Gasteiger partial charge in [-0.05, 0) is 36.1 Å². The van der Waals surface area contributed by atoms with Crippen molar-refractivity contribution in [3.05, 3.63) is 62.5 Å². The fourth-order valence-corrected chi connectivity index (χ4v) is 3.55. The second-order valence-corrected chi connectivity index (χ2v) is 6.42. The van der Waals surface area contributed by atoms with Crippen molar-refractivity contribution < 1.29 is 28.7 Å². The molecule has 0 radical (unpaired) electrons. The average Bonchev–Trinajstić information content (AvgIpc) is 2.96. The number of benzene rings is 1. The summed E-state index contributed by atoms with van der Waals surface area (Å²) in [7, 11) is 1.47. The second-order valence-electron chi connectivity index (χ2n) is 6.42. The van der Waals surface area contributed by atoms with Gasteiger partial charge in [0.05, 0.1) is 11.5 Å². The molecule has 3 rings (SSSR count). The van der Waals surface area contributed by atoms with E-state index in [1.54, 1.807) is 12.1 Å². The van der Waals surface area contributed by atoms with Crippen LogP contribution >= 0.6 is 0 Å². The number of hydrogen-bond donors (Lipinski definition) is 1. The van der Waals surface area contributed by atoms with Gasteiger partial charge in [0.15, 0.2) is 5.78 Å². The Morgan fingerprint density at radius 2 is 2.11 bits per heavy atom. The van der Waals surface area contributed by atoms with Crippen molar-refractivity contribution in [2.75, 3.05) is 20.3 Å². The molecular formula is C19H20N2O7. The maximum atomic E-state index is 12.5. The van der Waals surface area contributed by atoms with E-state index in [9.17, 15) is 19.7 Å². The minimum Gasteiger partial charge on any atom is -0.432 e. The van der Waals surface area contributed by atoms with E-state index in [1.165, 1.54) is 19.2 Å². The third-order valence-electron chi connectivity index (χ3n) is 4.72. The first-order valence-electron chi connectivity index (χ1n) is 8.78. The van der Waals surface area contributed by atoms with Crippen LogP contribution in [0, 0.1) is 10.1 Å². The number of nitrogens with zero attached hydrogens (tertiary/aromatic N) is 1. The van der Waals surface area contributed by atoms with Crippen LogP contribution in [0.4, 0.5) is 4.79 Å². The van der Waals surface area contributed by atoms with Crippen molar-refractivity contribution in [2.45, 2.75) is 25.2 Å². The SMILES string of the molecule is COCCOC(=O)Oc1cccc([C@H]2C3=C(CCCC3=O)C(N)=C2[N+](=O)[O-])c1. The molecule has 0 bridgehead atoms. The lowest BCUT2D eigenvalue weighted by Crippen LogP contribution is -2.18. The van der Waals surface area contributed by atoms with Crippen molar-refractivity contribution in [3.8, 4) is 5.75 Å². The Hall–Kier alpha value is -3.20. The molecule has 0 unspecified atom stereocenters. The molecule has 0 fully saturated rings. The van der Waals surface area contributed by atoms with Crippen LogP contribution in [0.1, 0.15) is 30.7 Å². The lowest BCUT2D eigenvalue weighted by atomic mass is 9.83. The first-order chi connectivity index (χ1) is 13.4. The fraction of sp³-hybridized carbons (Fsp3) is 0.368. The van der Waals surface area contributed by atoms with Crippen LogP contribution in [0.3, 0.4) is 0 Å². The zero-order chi connectivity index (χ0) is 20.3. The molecule has 0 aliphatic heterocycles. The third-order valence-corrected chi connectivity index (χ3v) is 4.72. The summed E-state index contributed by atoms with van der Waals surface area (Å²) in [6.07, 6.45) is 0.559. The number of ketones is 1. The maximum absolute atomic E-state index is 12.5. The van der Waals surface area contributed by atoms with E-state index in [1.807, 2.05) is 0 Å². The van der Waals surface area contributed by atoms with E-state index >= 15 is 0 Å². The Balaban J connectivity index is 1.91. The first kappa shape index (κ1) is 19.6. The molecule has 0 spiro atoms. The molecule has 148 valence electrons.